The Morgan fingerprint density at radius 1 is 0.571 bits per heavy atom. The molecule has 0 unspecified atom stereocenters. The monoisotopic (exact) mass is 132 g/mol. The molecule has 0 bridgehead atoms. The molecule has 0 nitrogen and oxygen atoms in total. The van der Waals surface area contributed by atoms with Crippen molar-refractivity contribution in [2.75, 3.05) is 0 Å². The maximum atomic E-state index is 2.00. The van der Waals surface area contributed by atoms with Crippen molar-refractivity contribution in [1.82, 2.24) is 0 Å². The Morgan fingerprint density at radius 3 is 0.571 bits per heavy atom. The van der Waals surface area contributed by atoms with Gasteiger partial charge in [-0.05, 0) is 0 Å². The van der Waals surface area contributed by atoms with Gasteiger partial charge in [-0.2, -0.15) is 0 Å². The van der Waals surface area contributed by atoms with Crippen LogP contribution in [0.1, 0.15) is 42.5 Å². The second-order valence-electron chi connectivity index (χ2n) is 0. The van der Waals surface area contributed by atoms with Gasteiger partial charge in [-0.25, -0.2) is 0 Å². The van der Waals surface area contributed by atoms with Crippen LogP contribution in [0.25, 0.3) is 0 Å². The van der Waals surface area contributed by atoms with Crippen molar-refractivity contribution >= 4 is 0 Å². The van der Waals surface area contributed by atoms with Crippen LogP contribution in [0.15, 0.2) is 0 Å². The molecule has 0 aromatic carbocycles. The summed E-state index contributed by atoms with van der Waals surface area (Å²) in [5.41, 5.74) is 0. The molecule has 52 valence electrons. The molecule has 0 saturated carbocycles. The number of hydrogen-bond donors (Lipinski definition) is 0. The Labute approximate surface area is 79.7 Å². The molecule has 0 aliphatic heterocycles. The summed E-state index contributed by atoms with van der Waals surface area (Å²) in [5.74, 6) is 0. The van der Waals surface area contributed by atoms with Gasteiger partial charge in [-0.1, -0.05) is 42.5 Å². The van der Waals surface area contributed by atoms with Crippen molar-refractivity contribution in [2.45, 2.75) is 42.5 Å². The molecule has 0 spiro atoms. The molecule has 1 heteroatoms. The Balaban J connectivity index is -0.00000000267. The third kappa shape index (κ3) is 127. The van der Waals surface area contributed by atoms with E-state index in [9.17, 15) is 0 Å². The molecule has 0 rings (SSSR count). The fraction of sp³-hybridized carbons (Fsp3) is 1.00. The molecule has 0 fully saturated rings. The van der Waals surface area contributed by atoms with Crippen LogP contribution < -0.4 is 0 Å². The van der Waals surface area contributed by atoms with E-state index in [1.807, 2.05) is 27.7 Å². The van der Waals surface area contributed by atoms with E-state index in [1.54, 1.807) is 0 Å². The Hall–Kier alpha value is 1.26. The average molecular weight is 132 g/mol. The second-order valence-corrected chi connectivity index (χ2v) is 0. The summed E-state index contributed by atoms with van der Waals surface area (Å²) in [6, 6.07) is 0. The van der Waals surface area contributed by atoms with Crippen LogP contribution in [0.2, 0.25) is 0 Å². The van der Waals surface area contributed by atoms with Gasteiger partial charge in [-0.15, -0.1) is 0 Å². The molecule has 0 aromatic heterocycles. The number of rotatable bonds is 0. The zero-order chi connectivity index (χ0) is 4.00. The van der Waals surface area contributed by atoms with Crippen LogP contribution in [0.3, 0.4) is 0 Å². The van der Waals surface area contributed by atoms with E-state index in [0.29, 0.717) is 0 Å². The molecule has 0 amide bonds. The van der Waals surface area contributed by atoms with Crippen LogP contribution in [-0.2, 0) is 0 Å². The Kier molecular flexibility index (Phi) is 1050. The minimum absolute atomic E-state index is 0. The summed E-state index contributed by atoms with van der Waals surface area (Å²) in [6.07, 6.45) is 0. The molecule has 0 saturated heterocycles. The van der Waals surface area contributed by atoms with Crippen LogP contribution in [-0.4, -0.2) is 0 Å². The van der Waals surface area contributed by atoms with Crippen molar-refractivity contribution in [3.63, 3.8) is 0 Å². The molecule has 0 heterocycles. The summed E-state index contributed by atoms with van der Waals surface area (Å²) in [4.78, 5) is 0. The normalized spacial score (nSPS) is 1.71. The third-order valence-electron chi connectivity index (χ3n) is 0. The first-order valence-corrected chi connectivity index (χ1v) is 2.00. The van der Waals surface area contributed by atoms with Gasteiger partial charge < -0.3 is 0 Å². The predicted molar refractivity (Wildman–Crippen MR) is 36.2 cm³/mol. The van der Waals surface area contributed by atoms with E-state index in [4.69, 9.17) is 0 Å². The topological polar surface area (TPSA) is 0 Å². The quantitative estimate of drug-likeness (QED) is 0.474. The van der Waals surface area contributed by atoms with Gasteiger partial charge in [-0.3, -0.25) is 0 Å². The first kappa shape index (κ1) is 41.0. The molecule has 0 aromatic rings. The predicted octanol–water partition coefficient (Wildman–Crippen LogP) is 3.32. The van der Waals surface area contributed by atoms with Gasteiger partial charge in [0, 0.05) is 37.7 Å². The smallest absolute Gasteiger partial charge is 0 e. The Morgan fingerprint density at radius 2 is 0.571 bits per heavy atom. The third-order valence-corrected chi connectivity index (χ3v) is 0. The van der Waals surface area contributed by atoms with E-state index in [-0.39, 0.29) is 52.6 Å². The van der Waals surface area contributed by atoms with Crippen molar-refractivity contribution in [3.8, 4) is 0 Å². The van der Waals surface area contributed by atoms with Gasteiger partial charge in [0.05, 0.1) is 0 Å². The number of hydrogen-bond acceptors (Lipinski definition) is 0. The van der Waals surface area contributed by atoms with E-state index in [0.717, 1.165) is 0 Å². The summed E-state index contributed by atoms with van der Waals surface area (Å²) < 4.78 is 0. The second kappa shape index (κ2) is 179. The van der Waals surface area contributed by atoms with Gasteiger partial charge in [0.25, 0.3) is 0 Å². The molecular formula is C6H20Ar. The summed E-state index contributed by atoms with van der Waals surface area (Å²) in [5, 5.41) is 0. The largest absolute Gasteiger partial charge is 0.0776 e. The summed E-state index contributed by atoms with van der Waals surface area (Å²) >= 11 is 0. The fourth-order valence-electron chi connectivity index (χ4n) is 0. The summed E-state index contributed by atoms with van der Waals surface area (Å²) in [6.45, 7) is 8.00. The van der Waals surface area contributed by atoms with Gasteiger partial charge in [0.1, 0.15) is 0 Å². The van der Waals surface area contributed by atoms with Gasteiger partial charge >= 0.3 is 0 Å². The molecule has 0 atom stereocenters. The van der Waals surface area contributed by atoms with Crippen molar-refractivity contribution < 1.29 is 37.7 Å². The van der Waals surface area contributed by atoms with Crippen LogP contribution in [0.5, 0.6) is 0 Å². The van der Waals surface area contributed by atoms with E-state index < -0.39 is 0 Å². The van der Waals surface area contributed by atoms with Crippen LogP contribution in [0, 0.1) is 37.7 Å². The molecular weight excluding hydrogens is 112 g/mol. The zero-order valence-electron chi connectivity index (χ0n) is 4.35. The summed E-state index contributed by atoms with van der Waals surface area (Å²) in [7, 11) is 0. The first-order chi connectivity index (χ1) is 2.00. The van der Waals surface area contributed by atoms with E-state index in [1.165, 1.54) is 0 Å². The maximum absolute atomic E-state index is 2.00. The molecule has 7 heavy (non-hydrogen) atoms. The van der Waals surface area contributed by atoms with Crippen LogP contribution >= 0.6 is 0 Å². The van der Waals surface area contributed by atoms with Crippen molar-refractivity contribution in [3.05, 3.63) is 0 Å². The minimum atomic E-state index is 0. The van der Waals surface area contributed by atoms with E-state index >= 15 is 0 Å². The molecule has 0 aliphatic carbocycles. The van der Waals surface area contributed by atoms with Crippen LogP contribution in [0.4, 0.5) is 0 Å². The zero-order valence-corrected chi connectivity index (χ0v) is 5.06. The minimum Gasteiger partial charge on any atom is -0.0776 e. The van der Waals surface area contributed by atoms with Crippen molar-refractivity contribution in [1.29, 1.82) is 0 Å². The average Bonchev–Trinajstić information content (AvgIpc) is 1.50. The van der Waals surface area contributed by atoms with Crippen molar-refractivity contribution in [2.24, 2.45) is 0 Å². The SMILES string of the molecule is C.C.CC.CC.[Ar]. The maximum Gasteiger partial charge on any atom is 0 e. The van der Waals surface area contributed by atoms with E-state index in [2.05, 4.69) is 0 Å². The molecule has 0 radical (unpaired) electrons. The molecule has 0 N–H and O–H groups in total. The molecule has 0 aliphatic rings. The first-order valence-electron chi connectivity index (χ1n) is 2.00. The fourth-order valence-corrected chi connectivity index (χ4v) is 0. The standard InChI is InChI=1S/2C2H6.2CH4.Ar/c2*1-2;;;/h2*1-2H3;2*1H4;. The van der Waals surface area contributed by atoms with Gasteiger partial charge in [0.2, 0.25) is 0 Å². The Bertz CT molecular complexity index is 4.14. The van der Waals surface area contributed by atoms with Gasteiger partial charge in [0.15, 0.2) is 0 Å².